The third-order valence-electron chi connectivity index (χ3n) is 4.25. The summed E-state index contributed by atoms with van der Waals surface area (Å²) in [4.78, 5) is 22.7. The number of nitrogens with zero attached hydrogens (tertiary/aromatic N) is 2. The Morgan fingerprint density at radius 3 is 2.48 bits per heavy atom. The van der Waals surface area contributed by atoms with Gasteiger partial charge in [-0.2, -0.15) is 5.10 Å². The van der Waals surface area contributed by atoms with E-state index in [4.69, 9.17) is 9.47 Å². The quantitative estimate of drug-likeness (QED) is 0.375. The first kappa shape index (κ1) is 19.8. The first-order valence-corrected chi connectivity index (χ1v) is 8.80. The number of rotatable bonds is 7. The minimum absolute atomic E-state index is 0.0188. The standard InChI is InChI=1S/C21H19N3O5/c1-14(29-20-10-6-5-9-18(20)24(26)27)21(25)23-22-13-15-11-12-19(28-2)17-8-4-3-7-16(15)17/h3-14H,1-2H3,(H,23,25)/t14-/m1/s1. The van der Waals surface area contributed by atoms with E-state index in [1.807, 2.05) is 36.4 Å². The summed E-state index contributed by atoms with van der Waals surface area (Å²) in [5.41, 5.74) is 2.99. The number of amides is 1. The van der Waals surface area contributed by atoms with Crippen LogP contribution in [-0.4, -0.2) is 30.3 Å². The molecule has 0 heterocycles. The van der Waals surface area contributed by atoms with Crippen molar-refractivity contribution in [1.29, 1.82) is 0 Å². The molecule has 1 amide bonds. The maximum Gasteiger partial charge on any atom is 0.310 e. The molecule has 0 saturated heterocycles. The first-order chi connectivity index (χ1) is 14.0. The topological polar surface area (TPSA) is 103 Å². The van der Waals surface area contributed by atoms with Crippen LogP contribution in [0.1, 0.15) is 12.5 Å². The van der Waals surface area contributed by atoms with Crippen molar-refractivity contribution in [3.63, 3.8) is 0 Å². The highest BCUT2D eigenvalue weighted by molar-refractivity contribution is 6.02. The third kappa shape index (κ3) is 4.49. The Morgan fingerprint density at radius 2 is 1.76 bits per heavy atom. The van der Waals surface area contributed by atoms with E-state index in [1.54, 1.807) is 13.2 Å². The van der Waals surface area contributed by atoms with Crippen LogP contribution in [0.15, 0.2) is 65.8 Å². The Morgan fingerprint density at radius 1 is 1.07 bits per heavy atom. The molecule has 148 valence electrons. The van der Waals surface area contributed by atoms with Gasteiger partial charge in [-0.1, -0.05) is 36.4 Å². The van der Waals surface area contributed by atoms with Gasteiger partial charge in [0.2, 0.25) is 0 Å². The molecule has 0 fully saturated rings. The number of nitro groups is 1. The second-order valence-corrected chi connectivity index (χ2v) is 6.12. The molecule has 8 nitrogen and oxygen atoms in total. The first-order valence-electron chi connectivity index (χ1n) is 8.80. The Hall–Kier alpha value is -3.94. The molecule has 8 heteroatoms. The molecule has 0 aliphatic rings. The zero-order valence-corrected chi connectivity index (χ0v) is 15.9. The van der Waals surface area contributed by atoms with Crippen LogP contribution in [-0.2, 0) is 4.79 Å². The Labute approximate surface area is 166 Å². The summed E-state index contributed by atoms with van der Waals surface area (Å²) in [6.45, 7) is 1.49. The van der Waals surface area contributed by atoms with Crippen molar-refractivity contribution < 1.29 is 19.2 Å². The number of nitrogens with one attached hydrogen (secondary N) is 1. The predicted molar refractivity (Wildman–Crippen MR) is 109 cm³/mol. The van der Waals surface area contributed by atoms with E-state index in [0.717, 1.165) is 22.1 Å². The number of hydrazone groups is 1. The molecule has 1 N–H and O–H groups in total. The second-order valence-electron chi connectivity index (χ2n) is 6.12. The number of ether oxygens (including phenoxy) is 2. The van der Waals surface area contributed by atoms with Crippen molar-refractivity contribution in [2.24, 2.45) is 5.10 Å². The van der Waals surface area contributed by atoms with Crippen molar-refractivity contribution >= 4 is 28.6 Å². The highest BCUT2D eigenvalue weighted by Crippen LogP contribution is 2.28. The van der Waals surface area contributed by atoms with Crippen LogP contribution in [0, 0.1) is 10.1 Å². The average molecular weight is 393 g/mol. The Balaban J connectivity index is 1.70. The molecule has 0 spiro atoms. The molecule has 3 aromatic rings. The number of fused-ring (bicyclic) bond motifs is 1. The lowest BCUT2D eigenvalue weighted by atomic mass is 10.0. The minimum atomic E-state index is -0.971. The number of para-hydroxylation sites is 2. The Bertz CT molecular complexity index is 1080. The summed E-state index contributed by atoms with van der Waals surface area (Å²) in [5, 5.41) is 16.9. The highest BCUT2D eigenvalue weighted by Gasteiger charge is 2.20. The molecular formula is C21H19N3O5. The van der Waals surface area contributed by atoms with Crippen molar-refractivity contribution in [1.82, 2.24) is 5.43 Å². The van der Waals surface area contributed by atoms with Crippen LogP contribution in [0.3, 0.4) is 0 Å². The number of hydrogen-bond donors (Lipinski definition) is 1. The maximum absolute atomic E-state index is 12.2. The van der Waals surface area contributed by atoms with Crippen molar-refractivity contribution in [3.8, 4) is 11.5 Å². The summed E-state index contributed by atoms with van der Waals surface area (Å²) >= 11 is 0. The summed E-state index contributed by atoms with van der Waals surface area (Å²) < 4.78 is 10.8. The molecule has 1 atom stereocenters. The number of hydrogen-bond acceptors (Lipinski definition) is 6. The smallest absolute Gasteiger partial charge is 0.310 e. The van der Waals surface area contributed by atoms with Gasteiger partial charge in [-0.25, -0.2) is 5.43 Å². The van der Waals surface area contributed by atoms with E-state index in [1.165, 1.54) is 31.3 Å². The van der Waals surface area contributed by atoms with Gasteiger partial charge in [0.1, 0.15) is 5.75 Å². The molecule has 3 rings (SSSR count). The molecule has 29 heavy (non-hydrogen) atoms. The molecule has 0 aliphatic heterocycles. The molecule has 0 saturated carbocycles. The van der Waals surface area contributed by atoms with Gasteiger partial charge >= 0.3 is 5.69 Å². The largest absolute Gasteiger partial charge is 0.496 e. The van der Waals surface area contributed by atoms with Gasteiger partial charge in [-0.05, 0) is 30.5 Å². The van der Waals surface area contributed by atoms with Crippen LogP contribution in [0.5, 0.6) is 11.5 Å². The van der Waals surface area contributed by atoms with E-state index in [2.05, 4.69) is 10.5 Å². The fourth-order valence-electron chi connectivity index (χ4n) is 2.79. The number of nitro benzene ring substituents is 1. The van der Waals surface area contributed by atoms with E-state index in [0.29, 0.717) is 0 Å². The summed E-state index contributed by atoms with van der Waals surface area (Å²) in [6.07, 6.45) is 0.554. The monoisotopic (exact) mass is 393 g/mol. The average Bonchev–Trinajstić information content (AvgIpc) is 2.73. The molecule has 0 bridgehead atoms. The highest BCUT2D eigenvalue weighted by atomic mass is 16.6. The molecule has 0 aromatic heterocycles. The van der Waals surface area contributed by atoms with Crippen LogP contribution < -0.4 is 14.9 Å². The third-order valence-corrected chi connectivity index (χ3v) is 4.25. The summed E-state index contributed by atoms with van der Waals surface area (Å²) in [6, 6.07) is 17.2. The van der Waals surface area contributed by atoms with E-state index in [-0.39, 0.29) is 11.4 Å². The van der Waals surface area contributed by atoms with Gasteiger partial charge in [0.15, 0.2) is 11.9 Å². The number of carbonyl (C=O) groups is 1. The van der Waals surface area contributed by atoms with Gasteiger partial charge in [0.05, 0.1) is 18.2 Å². The SMILES string of the molecule is COc1ccc(C=NNC(=O)[C@@H](C)Oc2ccccc2[N+](=O)[O-])c2ccccc12. The minimum Gasteiger partial charge on any atom is -0.496 e. The van der Waals surface area contributed by atoms with Crippen molar-refractivity contribution in [3.05, 3.63) is 76.3 Å². The number of carbonyl (C=O) groups excluding carboxylic acids is 1. The number of methoxy groups -OCH3 is 1. The van der Waals surface area contributed by atoms with Gasteiger partial charge < -0.3 is 9.47 Å². The molecule has 0 radical (unpaired) electrons. The van der Waals surface area contributed by atoms with Crippen molar-refractivity contribution in [2.45, 2.75) is 13.0 Å². The van der Waals surface area contributed by atoms with E-state index >= 15 is 0 Å². The van der Waals surface area contributed by atoms with E-state index in [9.17, 15) is 14.9 Å². The predicted octanol–water partition coefficient (Wildman–Crippen LogP) is 3.67. The molecule has 0 unspecified atom stereocenters. The summed E-state index contributed by atoms with van der Waals surface area (Å²) in [7, 11) is 1.61. The lowest BCUT2D eigenvalue weighted by Gasteiger charge is -2.13. The van der Waals surface area contributed by atoms with Gasteiger partial charge in [-0.3, -0.25) is 14.9 Å². The normalized spacial score (nSPS) is 11.9. The Kier molecular flexibility index (Phi) is 6.03. The molecular weight excluding hydrogens is 374 g/mol. The number of benzene rings is 3. The fraction of sp³-hybridized carbons (Fsp3) is 0.143. The van der Waals surface area contributed by atoms with E-state index < -0.39 is 16.9 Å². The van der Waals surface area contributed by atoms with Crippen LogP contribution in [0.25, 0.3) is 10.8 Å². The maximum atomic E-state index is 12.2. The lowest BCUT2D eigenvalue weighted by Crippen LogP contribution is -2.33. The second kappa shape index (κ2) is 8.83. The zero-order valence-electron chi connectivity index (χ0n) is 15.9. The molecule has 0 aliphatic carbocycles. The van der Waals surface area contributed by atoms with Crippen LogP contribution >= 0.6 is 0 Å². The zero-order chi connectivity index (χ0) is 20.8. The molecule has 3 aromatic carbocycles. The summed E-state index contributed by atoms with van der Waals surface area (Å²) in [5.74, 6) is 0.232. The van der Waals surface area contributed by atoms with Gasteiger partial charge in [0, 0.05) is 17.0 Å². The van der Waals surface area contributed by atoms with Gasteiger partial charge in [0.25, 0.3) is 5.91 Å². The van der Waals surface area contributed by atoms with Gasteiger partial charge in [-0.15, -0.1) is 0 Å². The van der Waals surface area contributed by atoms with Crippen LogP contribution in [0.4, 0.5) is 5.69 Å². The van der Waals surface area contributed by atoms with Crippen molar-refractivity contribution in [2.75, 3.05) is 7.11 Å². The lowest BCUT2D eigenvalue weighted by molar-refractivity contribution is -0.386. The fourth-order valence-corrected chi connectivity index (χ4v) is 2.79. The van der Waals surface area contributed by atoms with Crippen LogP contribution in [0.2, 0.25) is 0 Å².